The van der Waals surface area contributed by atoms with Gasteiger partial charge in [-0.1, -0.05) is 54.9 Å². The number of fused-ring (bicyclic) bond motifs is 1. The van der Waals surface area contributed by atoms with Crippen molar-refractivity contribution in [2.45, 2.75) is 26.2 Å². The third-order valence-corrected chi connectivity index (χ3v) is 6.67. The number of rotatable bonds is 6. The monoisotopic (exact) mass is 482 g/mol. The maximum atomic E-state index is 13.2. The van der Waals surface area contributed by atoms with E-state index in [0.29, 0.717) is 18.1 Å². The first-order valence-electron chi connectivity index (χ1n) is 11.8. The average Bonchev–Trinajstić information content (AvgIpc) is 2.88. The molecule has 176 valence electrons. The van der Waals surface area contributed by atoms with E-state index in [2.05, 4.69) is 40.6 Å². The zero-order chi connectivity index (χ0) is 24.4. The number of pyridine rings is 1. The second-order valence-electron chi connectivity index (χ2n) is 9.01. The van der Waals surface area contributed by atoms with E-state index in [0.717, 1.165) is 57.1 Å². The van der Waals surface area contributed by atoms with Gasteiger partial charge in [0.05, 0.1) is 5.69 Å². The Labute approximate surface area is 210 Å². The molecule has 3 aromatic carbocycles. The van der Waals surface area contributed by atoms with Gasteiger partial charge in [0.25, 0.3) is 0 Å². The third kappa shape index (κ3) is 5.23. The van der Waals surface area contributed by atoms with Crippen molar-refractivity contribution >= 4 is 23.1 Å². The van der Waals surface area contributed by atoms with Crippen LogP contribution in [-0.4, -0.2) is 23.9 Å². The molecule has 0 saturated heterocycles. The molecule has 0 radical (unpaired) electrons. The fraction of sp³-hybridized carbons (Fsp3) is 0.200. The summed E-state index contributed by atoms with van der Waals surface area (Å²) in [5, 5.41) is 3.99. The summed E-state index contributed by atoms with van der Waals surface area (Å²) in [4.78, 5) is 17.4. The Morgan fingerprint density at radius 1 is 0.971 bits per heavy atom. The number of aromatic nitrogens is 1. The maximum absolute atomic E-state index is 13.2. The molecule has 5 rings (SSSR count). The number of ether oxygens (including phenoxy) is 1. The number of carbonyl (C=O) groups is 1. The van der Waals surface area contributed by atoms with Crippen LogP contribution in [-0.2, 0) is 11.2 Å². The van der Waals surface area contributed by atoms with Crippen molar-refractivity contribution in [3.05, 3.63) is 101 Å². The van der Waals surface area contributed by atoms with Gasteiger partial charge < -0.3 is 10.1 Å². The van der Waals surface area contributed by atoms with E-state index in [1.54, 1.807) is 0 Å². The Morgan fingerprint density at radius 3 is 2.54 bits per heavy atom. The van der Waals surface area contributed by atoms with E-state index >= 15 is 0 Å². The molecule has 0 aliphatic carbocycles. The van der Waals surface area contributed by atoms with Crippen molar-refractivity contribution in [2.24, 2.45) is 0 Å². The van der Waals surface area contributed by atoms with Gasteiger partial charge in [-0.2, -0.15) is 0 Å². The number of hydrogen-bond donors (Lipinski definition) is 1. The van der Waals surface area contributed by atoms with E-state index in [1.165, 1.54) is 0 Å². The first-order chi connectivity index (χ1) is 17.0. The summed E-state index contributed by atoms with van der Waals surface area (Å²) in [6.45, 7) is 5.38. The van der Waals surface area contributed by atoms with Crippen LogP contribution < -0.4 is 10.1 Å². The van der Waals surface area contributed by atoms with E-state index in [4.69, 9.17) is 16.3 Å². The number of nitrogens with zero attached hydrogens (tertiary/aromatic N) is 1. The summed E-state index contributed by atoms with van der Waals surface area (Å²) in [7, 11) is 0. The zero-order valence-electron chi connectivity index (χ0n) is 19.8. The lowest BCUT2D eigenvalue weighted by molar-refractivity contribution is -0.119. The molecular weight excluding hydrogens is 456 g/mol. The highest BCUT2D eigenvalue weighted by Crippen LogP contribution is 2.35. The number of benzene rings is 3. The Bertz CT molecular complexity index is 1380. The van der Waals surface area contributed by atoms with Crippen LogP contribution in [0.25, 0.3) is 22.3 Å². The molecule has 0 spiro atoms. The predicted octanol–water partition coefficient (Wildman–Crippen LogP) is 7.10. The van der Waals surface area contributed by atoms with Gasteiger partial charge in [-0.3, -0.25) is 9.78 Å². The molecule has 4 nitrogen and oxygen atoms in total. The summed E-state index contributed by atoms with van der Waals surface area (Å²) in [6, 6.07) is 24.2. The first kappa shape index (κ1) is 23.1. The summed E-state index contributed by atoms with van der Waals surface area (Å²) < 4.78 is 5.69. The minimum absolute atomic E-state index is 0.159. The average molecular weight is 483 g/mol. The fourth-order valence-corrected chi connectivity index (χ4v) is 4.67. The van der Waals surface area contributed by atoms with Gasteiger partial charge in [0.15, 0.2) is 0 Å². The molecule has 1 N–H and O–H groups in total. The number of carbonyl (C=O) groups excluding carboxylic acids is 1. The second-order valence-corrected chi connectivity index (χ2v) is 9.44. The molecule has 1 unspecified atom stereocenters. The van der Waals surface area contributed by atoms with E-state index in [-0.39, 0.29) is 11.7 Å². The van der Waals surface area contributed by atoms with Gasteiger partial charge in [0.1, 0.15) is 18.1 Å². The van der Waals surface area contributed by atoms with Crippen LogP contribution in [0.15, 0.2) is 79.0 Å². The lowest BCUT2D eigenvalue weighted by atomic mass is 9.90. The molecule has 4 aromatic rings. The minimum atomic E-state index is -0.269. The molecular formula is C30H27ClN2O2. The number of Topliss-reactive ketones (excluding diaryl/α,β-unsaturated/α-hetero) is 1. The summed E-state index contributed by atoms with van der Waals surface area (Å²) in [6.07, 6.45) is 2.19. The number of aryl methyl sites for hydroxylation is 1. The molecule has 1 aromatic heterocycles. The Morgan fingerprint density at radius 2 is 1.74 bits per heavy atom. The highest BCUT2D eigenvalue weighted by molar-refractivity contribution is 6.31. The molecule has 2 heterocycles. The summed E-state index contributed by atoms with van der Waals surface area (Å²) in [5.41, 5.74) is 8.14. The van der Waals surface area contributed by atoms with Gasteiger partial charge in [-0.05, 0) is 76.7 Å². The molecule has 35 heavy (non-hydrogen) atoms. The largest absolute Gasteiger partial charge is 0.490 e. The van der Waals surface area contributed by atoms with Crippen molar-refractivity contribution in [3.8, 4) is 28.0 Å². The maximum Gasteiger partial charge on any atom is 0.144 e. The molecule has 1 aliphatic rings. The van der Waals surface area contributed by atoms with Crippen LogP contribution >= 0.6 is 11.6 Å². The molecule has 1 atom stereocenters. The van der Waals surface area contributed by atoms with Gasteiger partial charge in [-0.25, -0.2) is 0 Å². The van der Waals surface area contributed by atoms with Crippen LogP contribution in [0.2, 0.25) is 5.02 Å². The first-order valence-corrected chi connectivity index (χ1v) is 12.2. The van der Waals surface area contributed by atoms with Crippen LogP contribution in [0.3, 0.4) is 0 Å². The van der Waals surface area contributed by atoms with E-state index < -0.39 is 0 Å². The number of halogens is 1. The molecule has 5 heteroatoms. The Kier molecular flexibility index (Phi) is 6.56. The summed E-state index contributed by atoms with van der Waals surface area (Å²) >= 11 is 6.48. The SMILES string of the molecule is Cc1cc(-c2ccc(CC(=O)C(C)c3cc(Cl)cc(-c4ccc5c(c4)NCCO5)c3)cc2)ccn1. The standard InChI is InChI=1S/C30H27ClN2O2/c1-19-13-24(9-10-32-19)22-5-3-21(4-6-22)14-29(34)20(2)25-15-26(17-27(31)16-25)23-7-8-30-28(18-23)33-11-12-35-30/h3-10,13,15-18,20,33H,11-12,14H2,1-2H3. The smallest absolute Gasteiger partial charge is 0.144 e. The molecule has 0 bridgehead atoms. The second kappa shape index (κ2) is 9.93. The normalized spacial score (nSPS) is 13.3. The summed E-state index contributed by atoms with van der Waals surface area (Å²) in [5.74, 6) is 0.746. The van der Waals surface area contributed by atoms with Crippen molar-refractivity contribution in [1.29, 1.82) is 0 Å². The minimum Gasteiger partial charge on any atom is -0.490 e. The number of nitrogens with one attached hydrogen (secondary N) is 1. The topological polar surface area (TPSA) is 51.2 Å². The highest BCUT2D eigenvalue weighted by Gasteiger charge is 2.18. The Balaban J connectivity index is 1.33. The third-order valence-electron chi connectivity index (χ3n) is 6.45. The molecule has 0 amide bonds. The highest BCUT2D eigenvalue weighted by atomic mass is 35.5. The van der Waals surface area contributed by atoms with E-state index in [1.807, 2.05) is 62.5 Å². The molecule has 0 fully saturated rings. The van der Waals surface area contributed by atoms with Crippen LogP contribution in [0, 0.1) is 6.92 Å². The molecule has 0 saturated carbocycles. The fourth-order valence-electron chi connectivity index (χ4n) is 4.43. The quantitative estimate of drug-likeness (QED) is 0.318. The van der Waals surface area contributed by atoms with Crippen molar-refractivity contribution in [3.63, 3.8) is 0 Å². The molecule has 1 aliphatic heterocycles. The lowest BCUT2D eigenvalue weighted by Crippen LogP contribution is -2.17. The number of ketones is 1. The van der Waals surface area contributed by atoms with Gasteiger partial charge in [0.2, 0.25) is 0 Å². The number of hydrogen-bond acceptors (Lipinski definition) is 4. The van der Waals surface area contributed by atoms with Crippen molar-refractivity contribution in [2.75, 3.05) is 18.5 Å². The van der Waals surface area contributed by atoms with Gasteiger partial charge in [0, 0.05) is 35.8 Å². The van der Waals surface area contributed by atoms with Crippen molar-refractivity contribution in [1.82, 2.24) is 4.98 Å². The number of anilines is 1. The van der Waals surface area contributed by atoms with Crippen LogP contribution in [0.1, 0.15) is 29.7 Å². The lowest BCUT2D eigenvalue weighted by Gasteiger charge is -2.20. The van der Waals surface area contributed by atoms with Crippen LogP contribution in [0.5, 0.6) is 5.75 Å². The van der Waals surface area contributed by atoms with Crippen molar-refractivity contribution < 1.29 is 9.53 Å². The van der Waals surface area contributed by atoms with Gasteiger partial charge >= 0.3 is 0 Å². The zero-order valence-corrected chi connectivity index (χ0v) is 20.6. The Hall–Kier alpha value is -3.63. The predicted molar refractivity (Wildman–Crippen MR) is 142 cm³/mol. The van der Waals surface area contributed by atoms with E-state index in [9.17, 15) is 4.79 Å². The van der Waals surface area contributed by atoms with Crippen LogP contribution in [0.4, 0.5) is 5.69 Å². The van der Waals surface area contributed by atoms with Gasteiger partial charge in [-0.15, -0.1) is 0 Å².